The van der Waals surface area contributed by atoms with Gasteiger partial charge in [0.2, 0.25) is 5.91 Å². The molecule has 2 aliphatic rings. The normalized spacial score (nSPS) is 20.8. The summed E-state index contributed by atoms with van der Waals surface area (Å²) in [7, 11) is 1.74. The van der Waals surface area contributed by atoms with Crippen molar-refractivity contribution in [1.29, 1.82) is 0 Å². The third kappa shape index (κ3) is 11.1. The highest BCUT2D eigenvalue weighted by molar-refractivity contribution is 14.0. The lowest BCUT2D eigenvalue weighted by Gasteiger charge is -2.22. The summed E-state index contributed by atoms with van der Waals surface area (Å²) < 4.78 is 11.0. The highest BCUT2D eigenvalue weighted by Gasteiger charge is 2.16. The number of aliphatic imine (C=N–C) groups is 1. The highest BCUT2D eigenvalue weighted by atomic mass is 127. The molecule has 0 bridgehead atoms. The molecular weight excluding hydrogens is 459 g/mol. The fourth-order valence-electron chi connectivity index (χ4n) is 3.41. The number of amides is 1. The predicted octanol–water partition coefficient (Wildman–Crippen LogP) is 2.05. The Labute approximate surface area is 180 Å². The van der Waals surface area contributed by atoms with Crippen molar-refractivity contribution in [2.45, 2.75) is 57.4 Å². The third-order valence-corrected chi connectivity index (χ3v) is 4.97. The molecule has 27 heavy (non-hydrogen) atoms. The molecule has 2 rings (SSSR count). The Balaban J connectivity index is 0.00000364. The molecule has 0 aromatic carbocycles. The Morgan fingerprint density at radius 3 is 2.63 bits per heavy atom. The molecule has 3 N–H and O–H groups in total. The van der Waals surface area contributed by atoms with Gasteiger partial charge in [-0.2, -0.15) is 0 Å². The molecule has 2 fully saturated rings. The largest absolute Gasteiger partial charge is 0.381 e. The lowest BCUT2D eigenvalue weighted by Crippen LogP contribution is -2.41. The van der Waals surface area contributed by atoms with Crippen LogP contribution in [0.2, 0.25) is 0 Å². The molecule has 1 atom stereocenters. The van der Waals surface area contributed by atoms with Gasteiger partial charge in [0, 0.05) is 51.7 Å². The van der Waals surface area contributed by atoms with Gasteiger partial charge in [-0.3, -0.25) is 9.79 Å². The summed E-state index contributed by atoms with van der Waals surface area (Å²) in [6.45, 7) is 4.64. The fourth-order valence-corrected chi connectivity index (χ4v) is 3.41. The van der Waals surface area contributed by atoms with Crippen LogP contribution in [0.5, 0.6) is 0 Å². The Kier molecular flexibility index (Phi) is 13.9. The SMILES string of the molecule is CN=C(NCCCOCC1CCOC1)NCCC(=O)NC1CCCCC1.I. The topological polar surface area (TPSA) is 84.0 Å². The second-order valence-corrected chi connectivity index (χ2v) is 7.24. The molecular formula is C19H37IN4O3. The van der Waals surface area contributed by atoms with E-state index in [4.69, 9.17) is 9.47 Å². The second kappa shape index (κ2) is 15.3. The molecule has 1 aliphatic carbocycles. The van der Waals surface area contributed by atoms with Gasteiger partial charge in [0.15, 0.2) is 5.96 Å². The number of ether oxygens (including phenoxy) is 2. The van der Waals surface area contributed by atoms with Crippen molar-refractivity contribution in [2.75, 3.05) is 46.6 Å². The fraction of sp³-hybridized carbons (Fsp3) is 0.895. The number of hydrogen-bond donors (Lipinski definition) is 3. The number of carbonyl (C=O) groups excluding carboxylic acids is 1. The van der Waals surface area contributed by atoms with Crippen molar-refractivity contribution >= 4 is 35.8 Å². The van der Waals surface area contributed by atoms with Crippen molar-refractivity contribution in [3.05, 3.63) is 0 Å². The summed E-state index contributed by atoms with van der Waals surface area (Å²) >= 11 is 0. The number of guanidine groups is 1. The van der Waals surface area contributed by atoms with Gasteiger partial charge in [0.05, 0.1) is 13.2 Å². The van der Waals surface area contributed by atoms with Crippen molar-refractivity contribution in [3.8, 4) is 0 Å². The minimum Gasteiger partial charge on any atom is -0.381 e. The zero-order chi connectivity index (χ0) is 18.5. The minimum atomic E-state index is 0. The first kappa shape index (κ1) is 24.4. The first-order valence-electron chi connectivity index (χ1n) is 10.2. The van der Waals surface area contributed by atoms with E-state index in [2.05, 4.69) is 20.9 Å². The first-order valence-corrected chi connectivity index (χ1v) is 10.2. The van der Waals surface area contributed by atoms with Gasteiger partial charge >= 0.3 is 0 Å². The number of halogens is 1. The van der Waals surface area contributed by atoms with Crippen LogP contribution in [0.15, 0.2) is 4.99 Å². The Morgan fingerprint density at radius 2 is 1.93 bits per heavy atom. The van der Waals surface area contributed by atoms with Crippen LogP contribution in [0.3, 0.4) is 0 Å². The monoisotopic (exact) mass is 496 g/mol. The summed E-state index contributed by atoms with van der Waals surface area (Å²) in [4.78, 5) is 16.2. The van der Waals surface area contributed by atoms with E-state index in [-0.39, 0.29) is 29.9 Å². The lowest BCUT2D eigenvalue weighted by molar-refractivity contribution is -0.121. The van der Waals surface area contributed by atoms with E-state index in [1.807, 2.05) is 0 Å². The molecule has 7 nitrogen and oxygen atoms in total. The predicted molar refractivity (Wildman–Crippen MR) is 119 cm³/mol. The van der Waals surface area contributed by atoms with Crippen LogP contribution in [0.4, 0.5) is 0 Å². The van der Waals surface area contributed by atoms with E-state index in [0.29, 0.717) is 24.9 Å². The molecule has 0 aromatic rings. The van der Waals surface area contributed by atoms with Crippen molar-refractivity contribution < 1.29 is 14.3 Å². The molecule has 1 unspecified atom stereocenters. The van der Waals surface area contributed by atoms with Crippen LogP contribution in [0.1, 0.15) is 51.4 Å². The minimum absolute atomic E-state index is 0. The van der Waals surface area contributed by atoms with Crippen molar-refractivity contribution in [3.63, 3.8) is 0 Å². The van der Waals surface area contributed by atoms with E-state index < -0.39 is 0 Å². The maximum absolute atomic E-state index is 12.0. The standard InChI is InChI=1S/C19H36N4O3.HI/c1-20-19(21-10-5-12-25-14-16-9-13-26-15-16)22-11-8-18(24)23-17-6-3-2-4-7-17;/h16-17H,2-15H2,1H3,(H,23,24)(H2,20,21,22);1H. The van der Waals surface area contributed by atoms with Gasteiger partial charge < -0.3 is 25.4 Å². The van der Waals surface area contributed by atoms with E-state index in [0.717, 1.165) is 64.6 Å². The molecule has 1 aliphatic heterocycles. The Bertz CT molecular complexity index is 425. The second-order valence-electron chi connectivity index (χ2n) is 7.24. The van der Waals surface area contributed by atoms with Crippen LogP contribution in [-0.2, 0) is 14.3 Å². The Hall–Kier alpha value is -0.610. The maximum Gasteiger partial charge on any atom is 0.221 e. The summed E-state index contributed by atoms with van der Waals surface area (Å²) in [5.41, 5.74) is 0. The zero-order valence-electron chi connectivity index (χ0n) is 16.6. The molecule has 0 spiro atoms. The van der Waals surface area contributed by atoms with E-state index in [1.54, 1.807) is 7.05 Å². The molecule has 8 heteroatoms. The molecule has 1 saturated heterocycles. The number of hydrogen-bond acceptors (Lipinski definition) is 4. The maximum atomic E-state index is 12.0. The highest BCUT2D eigenvalue weighted by Crippen LogP contribution is 2.17. The molecule has 158 valence electrons. The molecule has 0 aromatic heterocycles. The molecule has 1 amide bonds. The van der Waals surface area contributed by atoms with E-state index in [9.17, 15) is 4.79 Å². The van der Waals surface area contributed by atoms with Gasteiger partial charge in [-0.25, -0.2) is 0 Å². The zero-order valence-corrected chi connectivity index (χ0v) is 19.0. The van der Waals surface area contributed by atoms with E-state index in [1.165, 1.54) is 19.3 Å². The van der Waals surface area contributed by atoms with Crippen LogP contribution in [-0.4, -0.2) is 64.5 Å². The summed E-state index contributed by atoms with van der Waals surface area (Å²) in [6, 6.07) is 0.379. The van der Waals surface area contributed by atoms with Gasteiger partial charge in [-0.15, -0.1) is 24.0 Å². The summed E-state index contributed by atoms with van der Waals surface area (Å²) in [5, 5.41) is 9.58. The average Bonchev–Trinajstić information content (AvgIpc) is 3.17. The van der Waals surface area contributed by atoms with Crippen molar-refractivity contribution in [1.82, 2.24) is 16.0 Å². The van der Waals surface area contributed by atoms with Gasteiger partial charge in [0.1, 0.15) is 0 Å². The van der Waals surface area contributed by atoms with Crippen LogP contribution >= 0.6 is 24.0 Å². The van der Waals surface area contributed by atoms with Crippen LogP contribution in [0.25, 0.3) is 0 Å². The number of rotatable bonds is 10. The summed E-state index contributed by atoms with van der Waals surface area (Å²) in [5.74, 6) is 1.43. The number of nitrogens with one attached hydrogen (secondary N) is 3. The molecule has 0 radical (unpaired) electrons. The van der Waals surface area contributed by atoms with Gasteiger partial charge in [-0.05, 0) is 25.7 Å². The van der Waals surface area contributed by atoms with Crippen LogP contribution in [0, 0.1) is 5.92 Å². The smallest absolute Gasteiger partial charge is 0.221 e. The quantitative estimate of drug-likeness (QED) is 0.187. The molecule has 1 saturated carbocycles. The van der Waals surface area contributed by atoms with E-state index >= 15 is 0 Å². The lowest BCUT2D eigenvalue weighted by atomic mass is 9.95. The first-order chi connectivity index (χ1) is 12.8. The molecule has 1 heterocycles. The summed E-state index contributed by atoms with van der Waals surface area (Å²) in [6.07, 6.45) is 8.53. The Morgan fingerprint density at radius 1 is 1.15 bits per heavy atom. The van der Waals surface area contributed by atoms with Gasteiger partial charge in [-0.1, -0.05) is 19.3 Å². The average molecular weight is 496 g/mol. The third-order valence-electron chi connectivity index (χ3n) is 4.97. The van der Waals surface area contributed by atoms with Gasteiger partial charge in [0.25, 0.3) is 0 Å². The van der Waals surface area contributed by atoms with Crippen LogP contribution < -0.4 is 16.0 Å². The number of carbonyl (C=O) groups is 1. The number of nitrogens with zero attached hydrogens (tertiary/aromatic N) is 1. The van der Waals surface area contributed by atoms with Crippen molar-refractivity contribution in [2.24, 2.45) is 10.9 Å².